The minimum atomic E-state index is -0.693. The van der Waals surface area contributed by atoms with Gasteiger partial charge in [-0.2, -0.15) is 0 Å². The van der Waals surface area contributed by atoms with Crippen LogP contribution in [0, 0.1) is 0 Å². The molecule has 26 heavy (non-hydrogen) atoms. The van der Waals surface area contributed by atoms with Gasteiger partial charge in [0.1, 0.15) is 0 Å². The number of carboxylic acids is 1. The number of carbonyl (C=O) groups is 1. The number of hydrogen-bond donors (Lipinski definition) is 1. The van der Waals surface area contributed by atoms with Crippen molar-refractivity contribution in [2.45, 2.75) is 116 Å². The topological polar surface area (TPSA) is 37.3 Å². The lowest BCUT2D eigenvalue weighted by Gasteiger charge is -2.27. The Morgan fingerprint density at radius 2 is 0.923 bits per heavy atom. The molecule has 0 bridgehead atoms. The monoisotopic (exact) mass is 370 g/mol. The summed E-state index contributed by atoms with van der Waals surface area (Å²) < 4.78 is 0.605. The number of unbranched alkanes of at least 4 members (excludes halogenated alkanes) is 16. The van der Waals surface area contributed by atoms with Gasteiger partial charge in [0.05, 0.1) is 20.6 Å². The lowest BCUT2D eigenvalue weighted by molar-refractivity contribution is -0.883. The Bertz CT molecular complexity index is 315. The molecule has 0 aliphatic rings. The van der Waals surface area contributed by atoms with Crippen molar-refractivity contribution < 1.29 is 14.4 Å². The van der Waals surface area contributed by atoms with Gasteiger partial charge < -0.3 is 9.59 Å². The fourth-order valence-electron chi connectivity index (χ4n) is 3.71. The van der Waals surface area contributed by atoms with Crippen molar-refractivity contribution in [2.75, 3.05) is 27.2 Å². The van der Waals surface area contributed by atoms with Crippen molar-refractivity contribution in [3.63, 3.8) is 0 Å². The van der Waals surface area contributed by atoms with Gasteiger partial charge >= 0.3 is 5.97 Å². The third-order valence-electron chi connectivity index (χ3n) is 5.43. The van der Waals surface area contributed by atoms with E-state index in [0.717, 1.165) is 13.0 Å². The molecule has 0 aromatic carbocycles. The lowest BCUT2D eigenvalue weighted by Crippen LogP contribution is -2.44. The SMILES string of the molecule is CCCCCCCCCCCCCCCCCCC[N+](C)(C)CC(=O)O. The first-order chi connectivity index (χ1) is 12.5. The van der Waals surface area contributed by atoms with Crippen LogP contribution in [0.25, 0.3) is 0 Å². The van der Waals surface area contributed by atoms with Gasteiger partial charge in [-0.1, -0.05) is 103 Å². The predicted octanol–water partition coefficient (Wildman–Crippen LogP) is 6.80. The molecule has 0 aliphatic heterocycles. The second-order valence-electron chi connectivity index (χ2n) is 8.87. The molecule has 3 nitrogen and oxygen atoms in total. The van der Waals surface area contributed by atoms with Crippen LogP contribution in [0.15, 0.2) is 0 Å². The van der Waals surface area contributed by atoms with Crippen molar-refractivity contribution in [2.24, 2.45) is 0 Å². The summed E-state index contributed by atoms with van der Waals surface area (Å²) >= 11 is 0. The molecule has 0 radical (unpaired) electrons. The summed E-state index contributed by atoms with van der Waals surface area (Å²) in [6.45, 7) is 3.49. The van der Waals surface area contributed by atoms with Crippen molar-refractivity contribution in [3.8, 4) is 0 Å². The van der Waals surface area contributed by atoms with E-state index in [1.54, 1.807) is 0 Å². The van der Waals surface area contributed by atoms with Crippen molar-refractivity contribution in [1.29, 1.82) is 0 Å². The Labute approximate surface area is 164 Å². The number of aliphatic carboxylic acids is 1. The smallest absolute Gasteiger partial charge is 0.359 e. The molecule has 0 heterocycles. The number of quaternary nitrogens is 1. The molecule has 3 heteroatoms. The van der Waals surface area contributed by atoms with Crippen LogP contribution in [0.1, 0.15) is 116 Å². The normalized spacial score (nSPS) is 11.8. The largest absolute Gasteiger partial charge is 0.477 e. The van der Waals surface area contributed by atoms with E-state index in [4.69, 9.17) is 5.11 Å². The Morgan fingerprint density at radius 1 is 0.615 bits per heavy atom. The fraction of sp³-hybridized carbons (Fsp3) is 0.957. The van der Waals surface area contributed by atoms with Crippen LogP contribution in [0.5, 0.6) is 0 Å². The van der Waals surface area contributed by atoms with Gasteiger partial charge in [0.25, 0.3) is 0 Å². The maximum atomic E-state index is 10.8. The summed E-state index contributed by atoms with van der Waals surface area (Å²) in [6, 6.07) is 0. The fourth-order valence-corrected chi connectivity index (χ4v) is 3.71. The Kier molecular flexibility index (Phi) is 17.4. The van der Waals surface area contributed by atoms with Crippen LogP contribution in [0.2, 0.25) is 0 Å². The lowest BCUT2D eigenvalue weighted by atomic mass is 10.0. The van der Waals surface area contributed by atoms with E-state index in [-0.39, 0.29) is 6.54 Å². The minimum absolute atomic E-state index is 0.235. The maximum absolute atomic E-state index is 10.8. The highest BCUT2D eigenvalue weighted by molar-refractivity contribution is 5.67. The average Bonchev–Trinajstić information content (AvgIpc) is 2.56. The second kappa shape index (κ2) is 17.8. The highest BCUT2D eigenvalue weighted by Crippen LogP contribution is 2.14. The number of carboxylic acid groups (broad SMARTS) is 1. The average molecular weight is 371 g/mol. The van der Waals surface area contributed by atoms with Gasteiger partial charge in [-0.25, -0.2) is 4.79 Å². The molecule has 156 valence electrons. The molecule has 0 aromatic rings. The standard InChI is InChI=1S/C23H47NO2/c1-4-5-6-7-8-9-10-11-12-13-14-15-16-17-18-19-20-21-24(2,3)22-23(25)26/h4-22H2,1-3H3/p+1. The molecular weight excluding hydrogens is 322 g/mol. The van der Waals surface area contributed by atoms with E-state index in [0.29, 0.717) is 4.48 Å². The molecule has 0 spiro atoms. The molecule has 1 N–H and O–H groups in total. The molecule has 0 fully saturated rings. The molecule has 0 amide bonds. The van der Waals surface area contributed by atoms with Crippen LogP contribution in [-0.2, 0) is 4.79 Å². The van der Waals surface area contributed by atoms with Crippen molar-refractivity contribution in [3.05, 3.63) is 0 Å². The molecule has 0 atom stereocenters. The van der Waals surface area contributed by atoms with E-state index >= 15 is 0 Å². The molecule has 0 aromatic heterocycles. The van der Waals surface area contributed by atoms with Gasteiger partial charge in [0.15, 0.2) is 6.54 Å². The highest BCUT2D eigenvalue weighted by Gasteiger charge is 2.18. The molecule has 0 unspecified atom stereocenters. The molecule has 0 saturated carbocycles. The molecule has 0 aliphatic carbocycles. The van der Waals surface area contributed by atoms with Gasteiger partial charge in [-0.05, 0) is 12.8 Å². The van der Waals surface area contributed by atoms with Crippen molar-refractivity contribution in [1.82, 2.24) is 0 Å². The van der Waals surface area contributed by atoms with E-state index < -0.39 is 5.97 Å². The van der Waals surface area contributed by atoms with E-state index in [1.165, 1.54) is 103 Å². The number of likely N-dealkylation sites (N-methyl/N-ethyl adjacent to an activating group) is 1. The first-order valence-electron chi connectivity index (χ1n) is 11.5. The summed E-state index contributed by atoms with van der Waals surface area (Å²) in [7, 11) is 4.03. The Balaban J connectivity index is 3.17. The zero-order chi connectivity index (χ0) is 19.5. The third kappa shape index (κ3) is 19.8. The van der Waals surface area contributed by atoms with Gasteiger partial charge in [0, 0.05) is 0 Å². The van der Waals surface area contributed by atoms with Crippen molar-refractivity contribution >= 4 is 5.97 Å². The van der Waals surface area contributed by atoms with Crippen LogP contribution in [0.4, 0.5) is 0 Å². The first kappa shape index (κ1) is 25.4. The highest BCUT2D eigenvalue weighted by atomic mass is 16.4. The summed E-state index contributed by atoms with van der Waals surface area (Å²) in [5, 5.41) is 8.88. The Morgan fingerprint density at radius 3 is 1.23 bits per heavy atom. The number of hydrogen-bond acceptors (Lipinski definition) is 1. The molecule has 0 saturated heterocycles. The van der Waals surface area contributed by atoms with Crippen LogP contribution >= 0.6 is 0 Å². The first-order valence-corrected chi connectivity index (χ1v) is 11.5. The minimum Gasteiger partial charge on any atom is -0.477 e. The maximum Gasteiger partial charge on any atom is 0.359 e. The van der Waals surface area contributed by atoms with E-state index in [2.05, 4.69) is 6.92 Å². The van der Waals surface area contributed by atoms with E-state index in [9.17, 15) is 4.79 Å². The third-order valence-corrected chi connectivity index (χ3v) is 5.43. The zero-order valence-electron chi connectivity index (χ0n) is 18.2. The summed E-state index contributed by atoms with van der Waals surface area (Å²) in [4.78, 5) is 10.8. The van der Waals surface area contributed by atoms with Crippen LogP contribution in [0.3, 0.4) is 0 Å². The van der Waals surface area contributed by atoms with E-state index in [1.807, 2.05) is 14.1 Å². The summed E-state index contributed by atoms with van der Waals surface area (Å²) in [5.74, 6) is -0.693. The zero-order valence-corrected chi connectivity index (χ0v) is 18.2. The second-order valence-corrected chi connectivity index (χ2v) is 8.87. The summed E-state index contributed by atoms with van der Waals surface area (Å²) in [5.41, 5.74) is 0. The molecule has 0 rings (SSSR count). The van der Waals surface area contributed by atoms with Gasteiger partial charge in [0.2, 0.25) is 0 Å². The van der Waals surface area contributed by atoms with Crippen LogP contribution < -0.4 is 0 Å². The quantitative estimate of drug-likeness (QED) is 0.189. The van der Waals surface area contributed by atoms with Gasteiger partial charge in [-0.15, -0.1) is 0 Å². The predicted molar refractivity (Wildman–Crippen MR) is 114 cm³/mol. The Hall–Kier alpha value is -0.570. The van der Waals surface area contributed by atoms with Crippen LogP contribution in [-0.4, -0.2) is 42.7 Å². The molecular formula is C23H48NO2+. The summed E-state index contributed by atoms with van der Waals surface area (Å²) in [6.07, 6.45) is 23.6. The number of rotatable bonds is 20. The number of nitrogens with zero attached hydrogens (tertiary/aromatic N) is 1. The van der Waals surface area contributed by atoms with Gasteiger partial charge in [-0.3, -0.25) is 0 Å².